The highest BCUT2D eigenvalue weighted by molar-refractivity contribution is 6.04. The molecule has 0 aromatic heterocycles. The Balaban J connectivity index is 2.29. The van der Waals surface area contributed by atoms with Gasteiger partial charge in [0.2, 0.25) is 0 Å². The molecule has 1 amide bonds. The van der Waals surface area contributed by atoms with E-state index in [9.17, 15) is 15.0 Å². The van der Waals surface area contributed by atoms with Gasteiger partial charge >= 0.3 is 0 Å². The topological polar surface area (TPSA) is 70.0 Å². The molecule has 1 aromatic carbocycles. The Hall–Kier alpha value is -1.59. The Morgan fingerprint density at radius 2 is 1.89 bits per heavy atom. The highest BCUT2D eigenvalue weighted by Crippen LogP contribution is 2.39. The number of amides is 1. The van der Waals surface area contributed by atoms with E-state index >= 15 is 0 Å². The van der Waals surface area contributed by atoms with Gasteiger partial charge in [-0.15, -0.1) is 0 Å². The van der Waals surface area contributed by atoms with Crippen LogP contribution in [0.1, 0.15) is 13.8 Å². The summed E-state index contributed by atoms with van der Waals surface area (Å²) in [5, 5.41) is 19.3. The van der Waals surface area contributed by atoms with Crippen LogP contribution in [-0.4, -0.2) is 42.0 Å². The molecule has 5 nitrogen and oxygen atoms in total. The molecule has 2 atom stereocenters. The standard InChI is InChI=1S/C14H19NO4/c1-14(2,8-16)12-11(17)13(18)15(12)9-4-6-10(19-3)7-5-9/h4-7,11-12,16-17H,8H2,1-3H3/t11-,12-/m1/s1. The highest BCUT2D eigenvalue weighted by atomic mass is 16.5. The van der Waals surface area contributed by atoms with Crippen molar-refractivity contribution in [2.75, 3.05) is 18.6 Å². The van der Waals surface area contributed by atoms with Crippen LogP contribution in [-0.2, 0) is 4.79 Å². The quantitative estimate of drug-likeness (QED) is 0.790. The number of aliphatic hydroxyl groups excluding tert-OH is 2. The average Bonchev–Trinajstić information content (AvgIpc) is 2.43. The zero-order valence-corrected chi connectivity index (χ0v) is 11.3. The number of ether oxygens (including phenoxy) is 1. The van der Waals surface area contributed by atoms with Gasteiger partial charge in [-0.2, -0.15) is 0 Å². The largest absolute Gasteiger partial charge is 0.497 e. The van der Waals surface area contributed by atoms with E-state index in [1.54, 1.807) is 31.4 Å². The maximum atomic E-state index is 11.9. The number of β-lactam (4-membered cyclic amide) rings is 1. The predicted molar refractivity (Wildman–Crippen MR) is 71.1 cm³/mol. The van der Waals surface area contributed by atoms with Gasteiger partial charge in [0.15, 0.2) is 6.10 Å². The molecule has 0 unspecified atom stereocenters. The summed E-state index contributed by atoms with van der Waals surface area (Å²) in [5.41, 5.74) is 0.135. The number of nitrogens with zero attached hydrogens (tertiary/aromatic N) is 1. The fraction of sp³-hybridized carbons (Fsp3) is 0.500. The highest BCUT2D eigenvalue weighted by Gasteiger charge is 2.54. The molecule has 1 aliphatic heterocycles. The molecule has 104 valence electrons. The third-order valence-electron chi connectivity index (χ3n) is 3.63. The Morgan fingerprint density at radius 1 is 1.32 bits per heavy atom. The van der Waals surface area contributed by atoms with Gasteiger partial charge in [-0.25, -0.2) is 0 Å². The molecule has 0 bridgehead atoms. The third-order valence-corrected chi connectivity index (χ3v) is 3.63. The van der Waals surface area contributed by atoms with Gasteiger partial charge in [-0.05, 0) is 24.3 Å². The first-order chi connectivity index (χ1) is 8.92. The van der Waals surface area contributed by atoms with Gasteiger partial charge in [-0.1, -0.05) is 13.8 Å². The van der Waals surface area contributed by atoms with E-state index in [1.807, 2.05) is 13.8 Å². The summed E-state index contributed by atoms with van der Waals surface area (Å²) in [4.78, 5) is 13.4. The lowest BCUT2D eigenvalue weighted by molar-refractivity contribution is -0.142. The molecular formula is C14H19NO4. The van der Waals surface area contributed by atoms with Crippen molar-refractivity contribution in [3.05, 3.63) is 24.3 Å². The molecule has 1 aliphatic rings. The summed E-state index contributed by atoms with van der Waals surface area (Å²) in [6.07, 6.45) is -1.05. The minimum absolute atomic E-state index is 0.103. The molecule has 1 heterocycles. The van der Waals surface area contributed by atoms with Crippen molar-refractivity contribution in [2.45, 2.75) is 26.0 Å². The zero-order valence-electron chi connectivity index (χ0n) is 11.3. The van der Waals surface area contributed by atoms with Gasteiger partial charge in [-0.3, -0.25) is 4.79 Å². The van der Waals surface area contributed by atoms with Gasteiger partial charge in [0.1, 0.15) is 5.75 Å². The summed E-state index contributed by atoms with van der Waals surface area (Å²) < 4.78 is 5.07. The van der Waals surface area contributed by atoms with Crippen molar-refractivity contribution in [2.24, 2.45) is 5.41 Å². The fourth-order valence-corrected chi connectivity index (χ4v) is 2.37. The first-order valence-electron chi connectivity index (χ1n) is 6.18. The molecule has 2 rings (SSSR count). The number of benzene rings is 1. The van der Waals surface area contributed by atoms with Crippen molar-refractivity contribution in [1.29, 1.82) is 0 Å². The summed E-state index contributed by atoms with van der Waals surface area (Å²) in [6.45, 7) is 3.54. The van der Waals surface area contributed by atoms with Crippen LogP contribution in [0.5, 0.6) is 5.75 Å². The van der Waals surface area contributed by atoms with Crippen molar-refractivity contribution >= 4 is 11.6 Å². The Morgan fingerprint density at radius 3 is 2.37 bits per heavy atom. The molecule has 0 spiro atoms. The van der Waals surface area contributed by atoms with E-state index in [-0.39, 0.29) is 12.5 Å². The Labute approximate surface area is 112 Å². The smallest absolute Gasteiger partial charge is 0.258 e. The van der Waals surface area contributed by atoms with Crippen LogP contribution in [0.25, 0.3) is 0 Å². The molecule has 2 N–H and O–H groups in total. The second-order valence-corrected chi connectivity index (χ2v) is 5.44. The molecule has 1 saturated heterocycles. The number of carbonyl (C=O) groups excluding carboxylic acids is 1. The summed E-state index contributed by atoms with van der Waals surface area (Å²) in [5.74, 6) is 0.368. The van der Waals surface area contributed by atoms with E-state index in [0.717, 1.165) is 0 Å². The number of hydrogen-bond acceptors (Lipinski definition) is 4. The number of methoxy groups -OCH3 is 1. The minimum atomic E-state index is -1.05. The molecular weight excluding hydrogens is 246 g/mol. The minimum Gasteiger partial charge on any atom is -0.497 e. The number of aliphatic hydroxyl groups is 2. The third kappa shape index (κ3) is 2.19. The van der Waals surface area contributed by atoms with Crippen LogP contribution in [0.15, 0.2) is 24.3 Å². The second kappa shape index (κ2) is 4.83. The Kier molecular flexibility index (Phi) is 3.52. The first kappa shape index (κ1) is 13.8. The monoisotopic (exact) mass is 265 g/mol. The summed E-state index contributed by atoms with van der Waals surface area (Å²) in [6, 6.07) is 6.64. The lowest BCUT2D eigenvalue weighted by Gasteiger charge is -2.51. The van der Waals surface area contributed by atoms with Crippen LogP contribution in [0.4, 0.5) is 5.69 Å². The van der Waals surface area contributed by atoms with Gasteiger partial charge < -0.3 is 19.8 Å². The molecule has 1 aromatic rings. The molecule has 0 radical (unpaired) electrons. The predicted octanol–water partition coefficient (Wildman–Crippen LogP) is 0.790. The lowest BCUT2D eigenvalue weighted by Crippen LogP contribution is -2.70. The first-order valence-corrected chi connectivity index (χ1v) is 6.18. The summed E-state index contributed by atoms with van der Waals surface area (Å²) >= 11 is 0. The summed E-state index contributed by atoms with van der Waals surface area (Å²) in [7, 11) is 1.57. The van der Waals surface area contributed by atoms with Crippen LogP contribution in [0.2, 0.25) is 0 Å². The van der Waals surface area contributed by atoms with Crippen LogP contribution < -0.4 is 9.64 Å². The van der Waals surface area contributed by atoms with Crippen LogP contribution in [0.3, 0.4) is 0 Å². The molecule has 1 fully saturated rings. The SMILES string of the molecule is COc1ccc(N2C(=O)[C@H](O)[C@@H]2C(C)(C)CO)cc1. The number of carbonyl (C=O) groups is 1. The lowest BCUT2D eigenvalue weighted by atomic mass is 9.75. The van der Waals surface area contributed by atoms with Crippen molar-refractivity contribution in [3.8, 4) is 5.75 Å². The molecule has 5 heteroatoms. The van der Waals surface area contributed by atoms with Gasteiger partial charge in [0, 0.05) is 11.1 Å². The van der Waals surface area contributed by atoms with E-state index in [1.165, 1.54) is 4.90 Å². The molecule has 0 saturated carbocycles. The zero-order chi connectivity index (χ0) is 14.2. The van der Waals surface area contributed by atoms with E-state index in [4.69, 9.17) is 4.74 Å². The van der Waals surface area contributed by atoms with Crippen molar-refractivity contribution in [3.63, 3.8) is 0 Å². The molecule has 0 aliphatic carbocycles. The van der Waals surface area contributed by atoms with Gasteiger partial charge in [0.25, 0.3) is 5.91 Å². The number of anilines is 1. The van der Waals surface area contributed by atoms with E-state index < -0.39 is 17.6 Å². The number of rotatable bonds is 4. The Bertz CT molecular complexity index is 469. The van der Waals surface area contributed by atoms with Crippen molar-refractivity contribution in [1.82, 2.24) is 0 Å². The maximum Gasteiger partial charge on any atom is 0.258 e. The second-order valence-electron chi connectivity index (χ2n) is 5.44. The number of hydrogen-bond donors (Lipinski definition) is 2. The maximum absolute atomic E-state index is 11.9. The fourth-order valence-electron chi connectivity index (χ4n) is 2.37. The van der Waals surface area contributed by atoms with E-state index in [2.05, 4.69) is 0 Å². The van der Waals surface area contributed by atoms with Crippen LogP contribution in [0, 0.1) is 5.41 Å². The van der Waals surface area contributed by atoms with Gasteiger partial charge in [0.05, 0.1) is 19.8 Å². The van der Waals surface area contributed by atoms with Crippen molar-refractivity contribution < 1.29 is 19.7 Å². The normalized spacial score (nSPS) is 23.2. The average molecular weight is 265 g/mol. The van der Waals surface area contributed by atoms with Crippen LogP contribution >= 0.6 is 0 Å². The van der Waals surface area contributed by atoms with E-state index in [0.29, 0.717) is 11.4 Å². The molecule has 19 heavy (non-hydrogen) atoms.